The molecule has 0 bridgehead atoms. The normalized spacial score (nSPS) is 11.1. The number of para-hydroxylation sites is 1. The first-order chi connectivity index (χ1) is 10.3. The zero-order valence-electron chi connectivity index (χ0n) is 11.5. The van der Waals surface area contributed by atoms with Crippen molar-refractivity contribution in [3.8, 4) is 0 Å². The molecule has 2 amide bonds. The maximum atomic E-state index is 12.8. The van der Waals surface area contributed by atoms with Crippen LogP contribution < -0.4 is 10.6 Å². The number of amides is 2. The largest absolute Gasteiger partial charge is 0.418 e. The van der Waals surface area contributed by atoms with Crippen molar-refractivity contribution < 1.29 is 18.0 Å². The Morgan fingerprint density at radius 3 is 2.41 bits per heavy atom. The maximum Gasteiger partial charge on any atom is 0.418 e. The summed E-state index contributed by atoms with van der Waals surface area (Å²) in [6.45, 7) is 1.88. The van der Waals surface area contributed by atoms with E-state index in [9.17, 15) is 18.0 Å². The molecule has 0 saturated heterocycles. The van der Waals surface area contributed by atoms with Crippen LogP contribution in [0.1, 0.15) is 11.1 Å². The average molecular weight is 373 g/mol. The SMILES string of the molecule is Cc1ccc(NC(=O)Nc2ccccc2C(F)(F)F)cc1Br. The van der Waals surface area contributed by atoms with Crippen LogP contribution in [0.15, 0.2) is 46.9 Å². The van der Waals surface area contributed by atoms with Crippen molar-refractivity contribution in [2.75, 3.05) is 10.6 Å². The summed E-state index contributed by atoms with van der Waals surface area (Å²) in [5.41, 5.74) is 0.266. The van der Waals surface area contributed by atoms with Crippen LogP contribution in [-0.2, 0) is 6.18 Å². The highest BCUT2D eigenvalue weighted by atomic mass is 79.9. The Morgan fingerprint density at radius 2 is 1.77 bits per heavy atom. The number of alkyl halides is 3. The minimum absolute atomic E-state index is 0.293. The highest BCUT2D eigenvalue weighted by molar-refractivity contribution is 9.10. The predicted octanol–water partition coefficient (Wildman–Crippen LogP) is 5.42. The van der Waals surface area contributed by atoms with Crippen LogP contribution in [0.3, 0.4) is 0 Å². The number of carbonyl (C=O) groups is 1. The van der Waals surface area contributed by atoms with E-state index in [1.807, 2.05) is 6.92 Å². The van der Waals surface area contributed by atoms with Crippen molar-refractivity contribution >= 4 is 33.3 Å². The molecule has 3 nitrogen and oxygen atoms in total. The molecule has 0 aliphatic rings. The Hall–Kier alpha value is -2.02. The summed E-state index contributed by atoms with van der Waals surface area (Å²) in [5, 5.41) is 4.70. The van der Waals surface area contributed by atoms with E-state index in [1.54, 1.807) is 18.2 Å². The summed E-state index contributed by atoms with van der Waals surface area (Å²) >= 11 is 3.32. The van der Waals surface area contributed by atoms with Gasteiger partial charge in [0.1, 0.15) is 0 Å². The quantitative estimate of drug-likeness (QED) is 0.725. The van der Waals surface area contributed by atoms with Gasteiger partial charge in [0.05, 0.1) is 11.3 Å². The molecule has 0 aromatic heterocycles. The molecule has 0 unspecified atom stereocenters. The zero-order chi connectivity index (χ0) is 16.3. The highest BCUT2D eigenvalue weighted by Crippen LogP contribution is 2.34. The second kappa shape index (κ2) is 6.39. The number of hydrogen-bond donors (Lipinski definition) is 2. The van der Waals surface area contributed by atoms with Gasteiger partial charge in [-0.25, -0.2) is 4.79 Å². The van der Waals surface area contributed by atoms with E-state index in [2.05, 4.69) is 26.6 Å². The lowest BCUT2D eigenvalue weighted by atomic mass is 10.1. The van der Waals surface area contributed by atoms with Gasteiger partial charge in [0.15, 0.2) is 0 Å². The Morgan fingerprint density at radius 1 is 1.09 bits per heavy atom. The molecule has 2 rings (SSSR count). The van der Waals surface area contributed by atoms with Crippen molar-refractivity contribution in [1.29, 1.82) is 0 Å². The summed E-state index contributed by atoms with van der Waals surface area (Å²) in [6.07, 6.45) is -4.53. The van der Waals surface area contributed by atoms with Crippen LogP contribution in [0, 0.1) is 6.92 Å². The molecule has 0 aliphatic carbocycles. The molecular formula is C15H12BrF3N2O. The molecule has 0 heterocycles. The number of anilines is 2. The van der Waals surface area contributed by atoms with Gasteiger partial charge in [-0.1, -0.05) is 34.1 Å². The third-order valence-electron chi connectivity index (χ3n) is 2.91. The molecule has 22 heavy (non-hydrogen) atoms. The Kier molecular flexibility index (Phi) is 4.75. The number of aryl methyl sites for hydroxylation is 1. The predicted molar refractivity (Wildman–Crippen MR) is 83.0 cm³/mol. The molecule has 0 fully saturated rings. The van der Waals surface area contributed by atoms with Crippen molar-refractivity contribution in [2.45, 2.75) is 13.1 Å². The lowest BCUT2D eigenvalue weighted by molar-refractivity contribution is -0.136. The first-order valence-electron chi connectivity index (χ1n) is 6.28. The van der Waals surface area contributed by atoms with Gasteiger partial charge in [-0.3, -0.25) is 0 Å². The maximum absolute atomic E-state index is 12.8. The lowest BCUT2D eigenvalue weighted by Gasteiger charge is -2.14. The van der Waals surface area contributed by atoms with Gasteiger partial charge in [-0.05, 0) is 36.8 Å². The molecule has 2 aromatic carbocycles. The molecule has 7 heteroatoms. The van der Waals surface area contributed by atoms with E-state index in [0.29, 0.717) is 5.69 Å². The number of carbonyl (C=O) groups excluding carboxylic acids is 1. The summed E-state index contributed by atoms with van der Waals surface area (Å²) in [6, 6.07) is 9.18. The van der Waals surface area contributed by atoms with Crippen LogP contribution in [0.5, 0.6) is 0 Å². The summed E-state index contributed by atoms with van der Waals surface area (Å²) < 4.78 is 39.3. The Bertz CT molecular complexity index is 701. The number of halogens is 4. The molecule has 0 radical (unpaired) electrons. The zero-order valence-corrected chi connectivity index (χ0v) is 13.0. The molecule has 116 valence electrons. The fraction of sp³-hybridized carbons (Fsp3) is 0.133. The van der Waals surface area contributed by atoms with Crippen LogP contribution in [-0.4, -0.2) is 6.03 Å². The molecule has 2 N–H and O–H groups in total. The van der Waals surface area contributed by atoms with E-state index in [-0.39, 0.29) is 5.69 Å². The van der Waals surface area contributed by atoms with E-state index < -0.39 is 17.8 Å². The Labute approximate surface area is 133 Å². The first kappa shape index (κ1) is 16.4. The van der Waals surface area contributed by atoms with Crippen molar-refractivity contribution in [3.63, 3.8) is 0 Å². The third kappa shape index (κ3) is 4.00. The highest BCUT2D eigenvalue weighted by Gasteiger charge is 2.33. The van der Waals surface area contributed by atoms with E-state index in [0.717, 1.165) is 16.1 Å². The molecule has 0 aliphatic heterocycles. The lowest BCUT2D eigenvalue weighted by Crippen LogP contribution is -2.21. The van der Waals surface area contributed by atoms with Crippen molar-refractivity contribution in [2.24, 2.45) is 0 Å². The van der Waals surface area contributed by atoms with Gasteiger partial charge in [-0.15, -0.1) is 0 Å². The van der Waals surface area contributed by atoms with E-state index >= 15 is 0 Å². The number of hydrogen-bond acceptors (Lipinski definition) is 1. The van der Waals surface area contributed by atoms with E-state index in [4.69, 9.17) is 0 Å². The minimum Gasteiger partial charge on any atom is -0.308 e. The first-order valence-corrected chi connectivity index (χ1v) is 7.07. The van der Waals surface area contributed by atoms with Crippen LogP contribution in [0.2, 0.25) is 0 Å². The molecular weight excluding hydrogens is 361 g/mol. The summed E-state index contributed by atoms with van der Waals surface area (Å²) in [7, 11) is 0. The fourth-order valence-corrected chi connectivity index (χ4v) is 2.17. The van der Waals surface area contributed by atoms with Gasteiger partial charge in [-0.2, -0.15) is 13.2 Å². The molecule has 0 atom stereocenters. The number of rotatable bonds is 2. The summed E-state index contributed by atoms with van der Waals surface area (Å²) in [4.78, 5) is 11.9. The van der Waals surface area contributed by atoms with Gasteiger partial charge in [0, 0.05) is 10.2 Å². The average Bonchev–Trinajstić information content (AvgIpc) is 2.42. The van der Waals surface area contributed by atoms with Gasteiger partial charge in [0.2, 0.25) is 0 Å². The van der Waals surface area contributed by atoms with E-state index in [1.165, 1.54) is 18.2 Å². The van der Waals surface area contributed by atoms with Crippen LogP contribution >= 0.6 is 15.9 Å². The topological polar surface area (TPSA) is 41.1 Å². The number of urea groups is 1. The van der Waals surface area contributed by atoms with Crippen LogP contribution in [0.4, 0.5) is 29.3 Å². The second-order valence-electron chi connectivity index (χ2n) is 4.59. The second-order valence-corrected chi connectivity index (χ2v) is 5.44. The molecule has 0 spiro atoms. The van der Waals surface area contributed by atoms with Gasteiger partial charge in [0.25, 0.3) is 0 Å². The molecule has 0 saturated carbocycles. The number of benzene rings is 2. The third-order valence-corrected chi connectivity index (χ3v) is 3.76. The molecule has 2 aromatic rings. The smallest absolute Gasteiger partial charge is 0.308 e. The fourth-order valence-electron chi connectivity index (χ4n) is 1.79. The Balaban J connectivity index is 2.14. The van der Waals surface area contributed by atoms with Gasteiger partial charge >= 0.3 is 12.2 Å². The van der Waals surface area contributed by atoms with Crippen molar-refractivity contribution in [1.82, 2.24) is 0 Å². The minimum atomic E-state index is -4.53. The number of nitrogens with one attached hydrogen (secondary N) is 2. The standard InChI is InChI=1S/C15H12BrF3N2O/c1-9-6-7-10(8-12(9)16)20-14(22)21-13-5-3-2-4-11(13)15(17,18)19/h2-8H,1H3,(H2,20,21,22). The van der Waals surface area contributed by atoms with Gasteiger partial charge < -0.3 is 10.6 Å². The monoisotopic (exact) mass is 372 g/mol. The summed E-state index contributed by atoms with van der Waals surface area (Å²) in [5.74, 6) is 0. The van der Waals surface area contributed by atoms with Crippen LogP contribution in [0.25, 0.3) is 0 Å². The van der Waals surface area contributed by atoms with Crippen molar-refractivity contribution in [3.05, 3.63) is 58.1 Å².